The molecule has 0 spiro atoms. The maximum atomic E-state index is 11.8. The van der Waals surface area contributed by atoms with E-state index in [4.69, 9.17) is 19.2 Å². The zero-order valence-electron chi connectivity index (χ0n) is 16.4. The van der Waals surface area contributed by atoms with Crippen molar-refractivity contribution in [1.82, 2.24) is 19.1 Å². The van der Waals surface area contributed by atoms with Gasteiger partial charge in [0.05, 0.1) is 12.9 Å². The Balaban J connectivity index is 1.56. The topological polar surface area (TPSA) is 145 Å². The fraction of sp³-hybridized carbons (Fsp3) is 0.389. The number of fused-ring (bicyclic) bond motifs is 2. The predicted molar refractivity (Wildman–Crippen MR) is 109 cm³/mol. The first-order valence-corrected chi connectivity index (χ1v) is 12.0. The number of aromatic nitrogens is 4. The smallest absolute Gasteiger partial charge is 0.386 e. The summed E-state index contributed by atoms with van der Waals surface area (Å²) in [6.45, 7) is -0.183. The van der Waals surface area contributed by atoms with Crippen molar-refractivity contribution in [2.45, 2.75) is 35.4 Å². The van der Waals surface area contributed by atoms with Crippen molar-refractivity contribution in [3.8, 4) is 0 Å². The third-order valence-electron chi connectivity index (χ3n) is 5.22. The largest absolute Gasteiger partial charge is 0.472 e. The first-order valence-electron chi connectivity index (χ1n) is 9.48. The summed E-state index contributed by atoms with van der Waals surface area (Å²) in [4.78, 5) is 18.6. The number of imidazole rings is 1. The van der Waals surface area contributed by atoms with E-state index in [0.717, 1.165) is 5.56 Å². The van der Waals surface area contributed by atoms with Gasteiger partial charge in [0.25, 0.3) is 0 Å². The van der Waals surface area contributed by atoms with Gasteiger partial charge in [-0.05, 0) is 5.56 Å². The Labute approximate surface area is 180 Å². The number of phosphoric ester groups is 1. The first-order chi connectivity index (χ1) is 14.8. The molecule has 2 aromatic heterocycles. The van der Waals surface area contributed by atoms with Gasteiger partial charge in [0.2, 0.25) is 0 Å². The molecule has 0 bridgehead atoms. The molecule has 2 aliphatic heterocycles. The molecule has 0 aliphatic carbocycles. The fourth-order valence-corrected chi connectivity index (χ4v) is 5.59. The molecular formula is C18H20N5O6PS. The molecule has 0 saturated carbocycles. The quantitative estimate of drug-likeness (QED) is 0.384. The molecule has 3 N–H and O–H groups in total. The van der Waals surface area contributed by atoms with Gasteiger partial charge in [0.15, 0.2) is 28.0 Å². The van der Waals surface area contributed by atoms with E-state index in [0.29, 0.717) is 22.1 Å². The van der Waals surface area contributed by atoms with Gasteiger partial charge in [-0.25, -0.2) is 14.5 Å². The predicted octanol–water partition coefficient (Wildman–Crippen LogP) is 1.32. The number of phosphoric acid groups is 1. The van der Waals surface area contributed by atoms with E-state index >= 15 is 0 Å². The standard InChI is InChI=1S/C18H20N5O6PS/c1-22-9-20-16-12(15(22)19)21-18(31-8-10-5-3-2-4-6-10)23(16)17-13(24)14-11(28-17)7-27-30(25,26)29-14/h2-6,9,11,13-14,17,19,24H,7-8H2,1H3,(H,25,26)/t11-,13-,14-,17-/m1/s1. The van der Waals surface area contributed by atoms with Crippen LogP contribution in [0.3, 0.4) is 0 Å². The number of nitrogens with one attached hydrogen (secondary N) is 1. The normalized spacial score (nSPS) is 30.5. The number of hydrogen-bond donors (Lipinski definition) is 3. The molecule has 0 radical (unpaired) electrons. The second-order valence-corrected chi connectivity index (χ2v) is 9.65. The van der Waals surface area contributed by atoms with Crippen molar-refractivity contribution in [3.63, 3.8) is 0 Å². The van der Waals surface area contributed by atoms with Crippen molar-refractivity contribution in [1.29, 1.82) is 5.41 Å². The molecule has 4 heterocycles. The average molecular weight is 465 g/mol. The monoisotopic (exact) mass is 465 g/mol. The van der Waals surface area contributed by atoms with Crippen LogP contribution in [0.25, 0.3) is 11.2 Å². The van der Waals surface area contributed by atoms with Gasteiger partial charge in [0.1, 0.15) is 18.3 Å². The Bertz CT molecular complexity index is 1230. The zero-order valence-corrected chi connectivity index (χ0v) is 18.1. The molecule has 31 heavy (non-hydrogen) atoms. The van der Waals surface area contributed by atoms with Crippen LogP contribution in [0.1, 0.15) is 11.8 Å². The van der Waals surface area contributed by atoms with Gasteiger partial charge in [-0.15, -0.1) is 0 Å². The molecule has 164 valence electrons. The summed E-state index contributed by atoms with van der Waals surface area (Å²) in [5, 5.41) is 19.8. The third kappa shape index (κ3) is 3.74. The summed E-state index contributed by atoms with van der Waals surface area (Å²) in [6.07, 6.45) is -2.50. The highest BCUT2D eigenvalue weighted by molar-refractivity contribution is 7.98. The van der Waals surface area contributed by atoms with Gasteiger partial charge in [-0.2, -0.15) is 0 Å². The van der Waals surface area contributed by atoms with Crippen LogP contribution in [0.15, 0.2) is 41.8 Å². The van der Waals surface area contributed by atoms with Gasteiger partial charge >= 0.3 is 7.82 Å². The van der Waals surface area contributed by atoms with Crippen LogP contribution in [0.4, 0.5) is 0 Å². The lowest BCUT2D eigenvalue weighted by atomic mass is 10.1. The van der Waals surface area contributed by atoms with Crippen LogP contribution in [0.5, 0.6) is 0 Å². The van der Waals surface area contributed by atoms with Crippen molar-refractivity contribution in [2.75, 3.05) is 6.61 Å². The Morgan fingerprint density at radius 3 is 2.90 bits per heavy atom. The number of hydrogen-bond acceptors (Lipinski definition) is 9. The van der Waals surface area contributed by atoms with E-state index in [1.807, 2.05) is 30.3 Å². The highest BCUT2D eigenvalue weighted by Crippen LogP contribution is 2.52. The molecule has 5 atom stereocenters. The van der Waals surface area contributed by atoms with Crippen LogP contribution in [0, 0.1) is 5.41 Å². The molecule has 2 aliphatic rings. The first kappa shape index (κ1) is 20.8. The summed E-state index contributed by atoms with van der Waals surface area (Å²) >= 11 is 1.41. The summed E-state index contributed by atoms with van der Waals surface area (Å²) in [5.74, 6) is 0.602. The molecule has 3 aromatic rings. The number of aliphatic hydroxyl groups is 1. The second kappa shape index (κ2) is 7.82. The van der Waals surface area contributed by atoms with E-state index in [2.05, 4.69) is 9.97 Å². The van der Waals surface area contributed by atoms with Crippen LogP contribution >= 0.6 is 19.6 Å². The van der Waals surface area contributed by atoms with Crippen LogP contribution in [0.2, 0.25) is 0 Å². The minimum atomic E-state index is -4.24. The molecule has 2 fully saturated rings. The number of rotatable bonds is 4. The Morgan fingerprint density at radius 2 is 2.13 bits per heavy atom. The lowest BCUT2D eigenvalue weighted by molar-refractivity contribution is -0.0684. The maximum absolute atomic E-state index is 11.8. The van der Waals surface area contributed by atoms with Gasteiger partial charge in [0, 0.05) is 12.8 Å². The highest BCUT2D eigenvalue weighted by atomic mass is 32.2. The molecular weight excluding hydrogens is 445 g/mol. The molecule has 5 rings (SSSR count). The fourth-order valence-electron chi connectivity index (χ4n) is 3.65. The lowest BCUT2D eigenvalue weighted by Gasteiger charge is -2.27. The maximum Gasteiger partial charge on any atom is 0.472 e. The second-order valence-electron chi connectivity index (χ2n) is 7.30. The SMILES string of the molecule is Cn1cnc2c(nc(SCc3ccccc3)n2[C@@H]2O[C@@H]3COP(=O)(O)O[C@H]3[C@H]2O)c1=N. The van der Waals surface area contributed by atoms with Crippen molar-refractivity contribution < 1.29 is 28.3 Å². The van der Waals surface area contributed by atoms with Gasteiger partial charge in [-0.3, -0.25) is 19.0 Å². The third-order valence-corrected chi connectivity index (χ3v) is 7.22. The average Bonchev–Trinajstić information content (AvgIpc) is 3.27. The summed E-state index contributed by atoms with van der Waals surface area (Å²) in [7, 11) is -2.55. The molecule has 13 heteroatoms. The van der Waals surface area contributed by atoms with Crippen LogP contribution < -0.4 is 5.49 Å². The minimum Gasteiger partial charge on any atom is -0.386 e. The van der Waals surface area contributed by atoms with Crippen molar-refractivity contribution in [2.24, 2.45) is 7.05 Å². The van der Waals surface area contributed by atoms with Gasteiger partial charge in [-0.1, -0.05) is 42.1 Å². The van der Waals surface area contributed by atoms with Crippen LogP contribution in [-0.4, -0.2) is 54.0 Å². The molecule has 0 amide bonds. The Morgan fingerprint density at radius 1 is 1.35 bits per heavy atom. The molecule has 2 saturated heterocycles. The number of thioether (sulfide) groups is 1. The molecule has 1 aromatic carbocycles. The number of nitrogens with zero attached hydrogens (tertiary/aromatic N) is 4. The number of ether oxygens (including phenoxy) is 1. The van der Waals surface area contributed by atoms with E-state index in [1.54, 1.807) is 11.6 Å². The number of benzene rings is 1. The lowest BCUT2D eigenvalue weighted by Crippen LogP contribution is -2.39. The Hall–Kier alpha value is -2.05. The van der Waals surface area contributed by atoms with E-state index in [1.165, 1.54) is 22.7 Å². The van der Waals surface area contributed by atoms with Crippen molar-refractivity contribution in [3.05, 3.63) is 47.7 Å². The van der Waals surface area contributed by atoms with Crippen molar-refractivity contribution >= 4 is 30.7 Å². The van der Waals surface area contributed by atoms with Gasteiger partial charge < -0.3 is 19.3 Å². The number of aryl methyl sites for hydroxylation is 1. The highest BCUT2D eigenvalue weighted by Gasteiger charge is 2.53. The Kier molecular flexibility index (Phi) is 5.25. The summed E-state index contributed by atoms with van der Waals surface area (Å²) < 4.78 is 30.8. The molecule has 11 nitrogen and oxygen atoms in total. The number of aliphatic hydroxyl groups excluding tert-OH is 1. The minimum absolute atomic E-state index is 0.162. The molecule has 1 unspecified atom stereocenters. The zero-order chi connectivity index (χ0) is 21.8. The van der Waals surface area contributed by atoms with E-state index < -0.39 is 32.4 Å². The summed E-state index contributed by atoms with van der Waals surface area (Å²) in [6, 6.07) is 9.82. The summed E-state index contributed by atoms with van der Waals surface area (Å²) in [5.41, 5.74) is 1.97. The van der Waals surface area contributed by atoms with Crippen LogP contribution in [-0.2, 0) is 31.1 Å². The van der Waals surface area contributed by atoms with E-state index in [9.17, 15) is 14.6 Å². The van der Waals surface area contributed by atoms with E-state index in [-0.39, 0.29) is 12.1 Å².